The Hall–Kier alpha value is -4.61. The molecule has 0 bridgehead atoms. The van der Waals surface area contributed by atoms with E-state index >= 15 is 0 Å². The summed E-state index contributed by atoms with van der Waals surface area (Å²) in [6, 6.07) is 11.3. The monoisotopic (exact) mass is 690 g/mol. The van der Waals surface area contributed by atoms with Crippen LogP contribution in [0.15, 0.2) is 42.5 Å². The second-order valence-electron chi connectivity index (χ2n) is 14.7. The molecule has 1 spiro atoms. The van der Waals surface area contributed by atoms with E-state index in [0.717, 1.165) is 32.1 Å². The number of aryl methyl sites for hydroxylation is 1. The van der Waals surface area contributed by atoms with E-state index in [1.165, 1.54) is 0 Å². The van der Waals surface area contributed by atoms with E-state index in [1.807, 2.05) is 52.5 Å². The topological polar surface area (TPSA) is 135 Å². The number of likely N-dealkylation sites (tertiary alicyclic amines) is 1. The number of anilines is 1. The van der Waals surface area contributed by atoms with Crippen molar-refractivity contribution in [3.8, 4) is 5.75 Å². The molecule has 2 aromatic rings. The van der Waals surface area contributed by atoms with Crippen LogP contribution in [-0.2, 0) is 14.3 Å². The molecule has 2 fully saturated rings. The lowest BCUT2D eigenvalue weighted by atomic mass is 9.82. The third-order valence-electron chi connectivity index (χ3n) is 9.46. The zero-order chi connectivity index (χ0) is 36.2. The Morgan fingerprint density at radius 3 is 2.40 bits per heavy atom. The van der Waals surface area contributed by atoms with E-state index in [2.05, 4.69) is 5.32 Å². The molecule has 4 amide bonds. The number of fused-ring (bicyclic) bond motifs is 1. The van der Waals surface area contributed by atoms with Gasteiger partial charge in [0.25, 0.3) is 11.8 Å². The van der Waals surface area contributed by atoms with Gasteiger partial charge in [0.15, 0.2) is 5.60 Å². The fraction of sp³-hybridized carbons (Fsp3) is 0.553. The number of ether oxygens (including phenoxy) is 3. The summed E-state index contributed by atoms with van der Waals surface area (Å²) in [5.41, 5.74) is 0.166. The number of esters is 1. The molecular formula is C38H50N4O8. The van der Waals surface area contributed by atoms with E-state index in [0.29, 0.717) is 48.5 Å². The molecule has 1 atom stereocenters. The number of benzene rings is 2. The van der Waals surface area contributed by atoms with Gasteiger partial charge >= 0.3 is 18.2 Å². The van der Waals surface area contributed by atoms with Crippen molar-refractivity contribution < 1.29 is 38.2 Å². The Morgan fingerprint density at radius 2 is 1.74 bits per heavy atom. The number of carbonyl (C=O) groups excluding carboxylic acids is 5. The maximum absolute atomic E-state index is 14.4. The van der Waals surface area contributed by atoms with Crippen LogP contribution < -0.4 is 15.0 Å². The smallest absolute Gasteiger partial charge is 0.415 e. The van der Waals surface area contributed by atoms with Crippen LogP contribution in [-0.4, -0.2) is 89.2 Å². The van der Waals surface area contributed by atoms with Crippen LogP contribution >= 0.6 is 0 Å². The van der Waals surface area contributed by atoms with Gasteiger partial charge in [-0.2, -0.15) is 0 Å². The lowest BCUT2D eigenvalue weighted by molar-refractivity contribution is -0.138. The fourth-order valence-corrected chi connectivity index (χ4v) is 7.12. The Bertz CT molecular complexity index is 1600. The third-order valence-corrected chi connectivity index (χ3v) is 9.46. The van der Waals surface area contributed by atoms with Crippen LogP contribution in [0.2, 0.25) is 0 Å². The molecule has 12 nitrogen and oxygen atoms in total. The Balaban J connectivity index is 1.38. The number of hydrogen-bond acceptors (Lipinski definition) is 8. The van der Waals surface area contributed by atoms with Gasteiger partial charge < -0.3 is 34.2 Å². The van der Waals surface area contributed by atoms with Gasteiger partial charge in [-0.3, -0.25) is 9.59 Å². The van der Waals surface area contributed by atoms with Crippen LogP contribution in [0.5, 0.6) is 5.75 Å². The summed E-state index contributed by atoms with van der Waals surface area (Å²) < 4.78 is 17.1. The summed E-state index contributed by atoms with van der Waals surface area (Å²) in [5, 5.41) is 2.59. The molecule has 5 rings (SSSR count). The molecule has 1 aliphatic carbocycles. The number of nitrogens with one attached hydrogen (secondary N) is 1. The Labute approximate surface area is 294 Å². The Morgan fingerprint density at radius 1 is 1.04 bits per heavy atom. The van der Waals surface area contributed by atoms with Crippen molar-refractivity contribution in [3.63, 3.8) is 0 Å². The number of hydrogen-bond donors (Lipinski definition) is 1. The molecule has 0 radical (unpaired) electrons. The Kier molecular flexibility index (Phi) is 11.1. The molecule has 1 N–H and O–H groups in total. The summed E-state index contributed by atoms with van der Waals surface area (Å²) in [6.45, 7) is 12.2. The minimum Gasteiger partial charge on any atom is -0.475 e. The van der Waals surface area contributed by atoms with Gasteiger partial charge in [0.1, 0.15) is 11.4 Å². The predicted molar refractivity (Wildman–Crippen MR) is 187 cm³/mol. The van der Waals surface area contributed by atoms with E-state index in [9.17, 15) is 24.0 Å². The van der Waals surface area contributed by atoms with Gasteiger partial charge in [-0.15, -0.1) is 0 Å². The maximum atomic E-state index is 14.4. The summed E-state index contributed by atoms with van der Waals surface area (Å²) in [4.78, 5) is 71.6. The minimum atomic E-state index is -1.02. The van der Waals surface area contributed by atoms with Crippen molar-refractivity contribution in [2.45, 2.75) is 110 Å². The predicted octanol–water partition coefficient (Wildman–Crippen LogP) is 6.24. The van der Waals surface area contributed by atoms with E-state index in [4.69, 9.17) is 14.2 Å². The fourth-order valence-electron chi connectivity index (χ4n) is 7.12. The van der Waals surface area contributed by atoms with Crippen molar-refractivity contribution in [2.75, 3.05) is 31.1 Å². The molecule has 270 valence electrons. The molecule has 0 aromatic heterocycles. The van der Waals surface area contributed by atoms with Crippen LogP contribution in [0.25, 0.3) is 0 Å². The van der Waals surface area contributed by atoms with Crippen molar-refractivity contribution >= 4 is 35.7 Å². The average Bonchev–Trinajstić information content (AvgIpc) is 3.06. The van der Waals surface area contributed by atoms with E-state index < -0.39 is 29.4 Å². The van der Waals surface area contributed by atoms with Gasteiger partial charge in [-0.1, -0.05) is 24.6 Å². The molecule has 1 saturated carbocycles. The first kappa shape index (κ1) is 36.7. The van der Waals surface area contributed by atoms with Crippen molar-refractivity contribution in [3.05, 3.63) is 59.2 Å². The SMILES string of the molecule is Cc1cc2c(cc1C(=O)N(C(C)C)[C@@H]1CCCN(C(=O)OC(C)(C)C)C1)N(CCNC(=O)OC(=O)c1ccccc1)C(=O)C1(CCCCC1)O2. The highest BCUT2D eigenvalue weighted by molar-refractivity contribution is 6.05. The molecule has 3 aliphatic rings. The number of amides is 4. The standard InChI is InChI=1S/C38H50N4O8/c1-25(2)42(28-16-13-20-40(24-28)36(47)50-37(4,5)6)32(43)29-23-30-31(22-26(29)3)49-38(17-11-8-12-18-38)34(45)41(30)21-19-39-35(46)48-33(44)27-14-9-7-10-15-27/h7,9-10,14-15,22-23,25,28H,8,11-13,16-21,24H2,1-6H3,(H,39,46)/t28-/m1/s1. The van der Waals surface area contributed by atoms with Crippen LogP contribution in [0.1, 0.15) is 106 Å². The summed E-state index contributed by atoms with van der Waals surface area (Å²) in [7, 11) is 0. The lowest BCUT2D eigenvalue weighted by Crippen LogP contribution is -2.58. The molecular weight excluding hydrogens is 640 g/mol. The van der Waals surface area contributed by atoms with Crippen LogP contribution in [0.3, 0.4) is 0 Å². The minimum absolute atomic E-state index is 0.0000123. The largest absolute Gasteiger partial charge is 0.475 e. The number of rotatable bonds is 7. The highest BCUT2D eigenvalue weighted by Crippen LogP contribution is 2.45. The van der Waals surface area contributed by atoms with Crippen LogP contribution in [0.4, 0.5) is 15.3 Å². The lowest BCUT2D eigenvalue weighted by Gasteiger charge is -2.45. The highest BCUT2D eigenvalue weighted by atomic mass is 16.6. The molecule has 12 heteroatoms. The molecule has 50 heavy (non-hydrogen) atoms. The van der Waals surface area contributed by atoms with Gasteiger partial charge in [-0.05, 0) is 110 Å². The number of alkyl carbamates (subject to hydrolysis) is 1. The summed E-state index contributed by atoms with van der Waals surface area (Å²) in [6.07, 6.45) is 3.99. The zero-order valence-corrected chi connectivity index (χ0v) is 30.1. The molecule has 2 aliphatic heterocycles. The third kappa shape index (κ3) is 8.22. The van der Waals surface area contributed by atoms with Crippen molar-refractivity contribution in [1.29, 1.82) is 0 Å². The molecule has 0 unspecified atom stereocenters. The molecule has 2 heterocycles. The zero-order valence-electron chi connectivity index (χ0n) is 30.1. The van der Waals surface area contributed by atoms with Crippen molar-refractivity contribution in [1.82, 2.24) is 15.1 Å². The first-order valence-corrected chi connectivity index (χ1v) is 17.7. The van der Waals surface area contributed by atoms with E-state index in [-0.39, 0.29) is 42.6 Å². The first-order valence-electron chi connectivity index (χ1n) is 17.7. The first-order chi connectivity index (χ1) is 23.7. The van der Waals surface area contributed by atoms with Crippen LogP contribution in [0, 0.1) is 6.92 Å². The highest BCUT2D eigenvalue weighted by Gasteiger charge is 2.49. The van der Waals surface area contributed by atoms with E-state index in [1.54, 1.807) is 46.2 Å². The maximum Gasteiger partial charge on any atom is 0.415 e. The van der Waals surface area contributed by atoms with Gasteiger partial charge in [0.2, 0.25) is 0 Å². The summed E-state index contributed by atoms with van der Waals surface area (Å²) in [5.74, 6) is -0.698. The number of carbonyl (C=O) groups is 5. The average molecular weight is 691 g/mol. The quantitative estimate of drug-likeness (QED) is 0.267. The number of nitrogens with zero attached hydrogens (tertiary/aromatic N) is 3. The molecule has 2 aromatic carbocycles. The van der Waals surface area contributed by atoms with Gasteiger partial charge in [0, 0.05) is 37.8 Å². The second kappa shape index (κ2) is 15.1. The summed E-state index contributed by atoms with van der Waals surface area (Å²) >= 11 is 0. The van der Waals surface area contributed by atoms with Crippen molar-refractivity contribution in [2.24, 2.45) is 0 Å². The normalized spacial score (nSPS) is 18.6. The van der Waals surface area contributed by atoms with Gasteiger partial charge in [-0.25, -0.2) is 14.4 Å². The second-order valence-corrected chi connectivity index (χ2v) is 14.7. The molecule has 1 saturated heterocycles. The van der Waals surface area contributed by atoms with Gasteiger partial charge in [0.05, 0.1) is 17.3 Å². The number of piperidine rings is 1.